The molecule has 0 fully saturated rings. The third-order valence-electron chi connectivity index (χ3n) is 6.63. The highest BCUT2D eigenvalue weighted by atomic mass is 14.6. The summed E-state index contributed by atoms with van der Waals surface area (Å²) >= 11 is 0. The van der Waals surface area contributed by atoms with Gasteiger partial charge in [-0.05, 0) is 82.6 Å². The molecule has 140 valence electrons. The molecule has 2 nitrogen and oxygen atoms in total. The Morgan fingerprint density at radius 1 is 0.483 bits per heavy atom. The Labute approximate surface area is 170 Å². The van der Waals surface area contributed by atoms with Crippen molar-refractivity contribution in [3.05, 3.63) is 106 Å². The van der Waals surface area contributed by atoms with Crippen LogP contribution >= 0.6 is 0 Å². The number of aryl methyl sites for hydroxylation is 2. The second kappa shape index (κ2) is 5.30. The Balaban J connectivity index is 1.87. The summed E-state index contributed by atoms with van der Waals surface area (Å²) in [5, 5.41) is 0. The summed E-state index contributed by atoms with van der Waals surface area (Å²) < 4.78 is 0. The van der Waals surface area contributed by atoms with Crippen LogP contribution in [0.3, 0.4) is 0 Å². The number of nitrogens with two attached hydrogens (primary N) is 2. The molecule has 0 amide bonds. The monoisotopic (exact) mass is 374 g/mol. The van der Waals surface area contributed by atoms with Crippen molar-refractivity contribution in [1.29, 1.82) is 0 Å². The summed E-state index contributed by atoms with van der Waals surface area (Å²) in [5.74, 6) is 0. The van der Waals surface area contributed by atoms with Gasteiger partial charge < -0.3 is 11.5 Å². The lowest BCUT2D eigenvalue weighted by molar-refractivity contribution is 0.794. The van der Waals surface area contributed by atoms with Gasteiger partial charge in [0.2, 0.25) is 0 Å². The minimum atomic E-state index is -0.374. The molecular formula is C27H22N2. The molecule has 2 aliphatic rings. The molecule has 2 heteroatoms. The highest BCUT2D eigenvalue weighted by Crippen LogP contribution is 2.63. The van der Waals surface area contributed by atoms with E-state index in [0.29, 0.717) is 0 Å². The van der Waals surface area contributed by atoms with Crippen molar-refractivity contribution in [2.24, 2.45) is 0 Å². The maximum absolute atomic E-state index is 6.31. The fraction of sp³-hybridized carbons (Fsp3) is 0.111. The molecule has 0 atom stereocenters. The van der Waals surface area contributed by atoms with E-state index in [9.17, 15) is 0 Å². The molecule has 4 aromatic carbocycles. The highest BCUT2D eigenvalue weighted by Gasteiger charge is 2.51. The van der Waals surface area contributed by atoms with E-state index >= 15 is 0 Å². The molecule has 4 aromatic rings. The van der Waals surface area contributed by atoms with E-state index < -0.39 is 0 Å². The van der Waals surface area contributed by atoms with Crippen LogP contribution in [0, 0.1) is 13.8 Å². The lowest BCUT2D eigenvalue weighted by Gasteiger charge is -2.30. The number of hydrogen-bond donors (Lipinski definition) is 2. The van der Waals surface area contributed by atoms with Crippen LogP contribution in [0.2, 0.25) is 0 Å². The zero-order valence-electron chi connectivity index (χ0n) is 16.6. The van der Waals surface area contributed by atoms with Gasteiger partial charge in [-0.1, -0.05) is 59.7 Å². The predicted molar refractivity (Wildman–Crippen MR) is 121 cm³/mol. The Hall–Kier alpha value is -3.52. The lowest BCUT2D eigenvalue weighted by Crippen LogP contribution is -2.26. The van der Waals surface area contributed by atoms with Gasteiger partial charge in [0, 0.05) is 11.4 Å². The molecule has 0 aliphatic heterocycles. The first-order chi connectivity index (χ1) is 14.0. The summed E-state index contributed by atoms with van der Waals surface area (Å²) in [6.07, 6.45) is 0. The summed E-state index contributed by atoms with van der Waals surface area (Å²) in [6, 6.07) is 26.3. The van der Waals surface area contributed by atoms with Crippen molar-refractivity contribution in [2.75, 3.05) is 11.5 Å². The molecule has 0 heterocycles. The first-order valence-electron chi connectivity index (χ1n) is 10.0. The van der Waals surface area contributed by atoms with Crippen molar-refractivity contribution in [3.8, 4) is 22.3 Å². The molecule has 2 aliphatic carbocycles. The first kappa shape index (κ1) is 16.4. The third-order valence-corrected chi connectivity index (χ3v) is 6.63. The average molecular weight is 374 g/mol. The van der Waals surface area contributed by atoms with Crippen molar-refractivity contribution < 1.29 is 0 Å². The highest BCUT2D eigenvalue weighted by molar-refractivity contribution is 5.96. The van der Waals surface area contributed by atoms with Crippen LogP contribution < -0.4 is 11.5 Å². The second-order valence-electron chi connectivity index (χ2n) is 8.46. The molecule has 0 bridgehead atoms. The van der Waals surface area contributed by atoms with Crippen LogP contribution in [-0.2, 0) is 5.41 Å². The number of rotatable bonds is 0. The van der Waals surface area contributed by atoms with Crippen molar-refractivity contribution >= 4 is 11.4 Å². The van der Waals surface area contributed by atoms with E-state index in [1.807, 2.05) is 12.1 Å². The van der Waals surface area contributed by atoms with Gasteiger partial charge in [0.05, 0.1) is 5.41 Å². The van der Waals surface area contributed by atoms with Crippen LogP contribution in [0.1, 0.15) is 33.4 Å². The lowest BCUT2D eigenvalue weighted by atomic mass is 9.70. The summed E-state index contributed by atoms with van der Waals surface area (Å²) in [5.41, 5.74) is 26.6. The summed E-state index contributed by atoms with van der Waals surface area (Å²) in [6.45, 7) is 4.32. The second-order valence-corrected chi connectivity index (χ2v) is 8.46. The van der Waals surface area contributed by atoms with Crippen LogP contribution in [0.5, 0.6) is 0 Å². The van der Waals surface area contributed by atoms with E-state index in [1.54, 1.807) is 0 Å². The first-order valence-corrected chi connectivity index (χ1v) is 10.0. The molecule has 0 saturated heterocycles. The predicted octanol–water partition coefficient (Wildman–Crippen LogP) is 5.81. The van der Waals surface area contributed by atoms with Gasteiger partial charge in [0.25, 0.3) is 0 Å². The molecule has 4 N–H and O–H groups in total. The smallest absolute Gasteiger partial charge is 0.0727 e. The Morgan fingerprint density at radius 2 is 0.931 bits per heavy atom. The zero-order valence-corrected chi connectivity index (χ0v) is 16.6. The summed E-state index contributed by atoms with van der Waals surface area (Å²) in [4.78, 5) is 0. The van der Waals surface area contributed by atoms with Gasteiger partial charge in [-0.3, -0.25) is 0 Å². The van der Waals surface area contributed by atoms with Crippen LogP contribution in [0.25, 0.3) is 22.3 Å². The molecule has 0 radical (unpaired) electrons. The Bertz CT molecular complexity index is 1240. The number of anilines is 2. The fourth-order valence-electron chi connectivity index (χ4n) is 5.50. The molecule has 0 aromatic heterocycles. The SMILES string of the molecule is Cc1ccc2c(c1)-c1cc(C)ccc1C21c2cc(N)ccc2-c2ccc(N)cc21. The number of benzene rings is 4. The topological polar surface area (TPSA) is 52.0 Å². The molecule has 29 heavy (non-hydrogen) atoms. The molecular weight excluding hydrogens is 352 g/mol. The zero-order chi connectivity index (χ0) is 19.9. The Morgan fingerprint density at radius 3 is 1.38 bits per heavy atom. The van der Waals surface area contributed by atoms with E-state index in [-0.39, 0.29) is 5.41 Å². The minimum absolute atomic E-state index is 0.374. The van der Waals surface area contributed by atoms with Gasteiger partial charge in [-0.2, -0.15) is 0 Å². The molecule has 0 saturated carbocycles. The van der Waals surface area contributed by atoms with Crippen molar-refractivity contribution in [1.82, 2.24) is 0 Å². The minimum Gasteiger partial charge on any atom is -0.399 e. The van der Waals surface area contributed by atoms with E-state index in [4.69, 9.17) is 11.5 Å². The third kappa shape index (κ3) is 1.91. The van der Waals surface area contributed by atoms with Crippen LogP contribution in [-0.4, -0.2) is 0 Å². The van der Waals surface area contributed by atoms with Gasteiger partial charge in [0.15, 0.2) is 0 Å². The molecule has 1 spiro atoms. The maximum atomic E-state index is 6.31. The van der Waals surface area contributed by atoms with Crippen LogP contribution in [0.4, 0.5) is 11.4 Å². The van der Waals surface area contributed by atoms with Gasteiger partial charge >= 0.3 is 0 Å². The van der Waals surface area contributed by atoms with Gasteiger partial charge in [0.1, 0.15) is 0 Å². The van der Waals surface area contributed by atoms with E-state index in [1.165, 1.54) is 55.6 Å². The Kier molecular flexibility index (Phi) is 3.00. The van der Waals surface area contributed by atoms with Crippen molar-refractivity contribution in [2.45, 2.75) is 19.3 Å². The van der Waals surface area contributed by atoms with Crippen molar-refractivity contribution in [3.63, 3.8) is 0 Å². The fourth-order valence-corrected chi connectivity index (χ4v) is 5.50. The van der Waals surface area contributed by atoms with Gasteiger partial charge in [-0.25, -0.2) is 0 Å². The number of fused-ring (bicyclic) bond motifs is 10. The molecule has 0 unspecified atom stereocenters. The summed E-state index contributed by atoms with van der Waals surface area (Å²) in [7, 11) is 0. The largest absolute Gasteiger partial charge is 0.399 e. The van der Waals surface area contributed by atoms with Crippen LogP contribution in [0.15, 0.2) is 72.8 Å². The number of hydrogen-bond acceptors (Lipinski definition) is 2. The maximum Gasteiger partial charge on any atom is 0.0727 e. The standard InChI is InChI=1S/C27H22N2/c1-15-3-9-23-21(11-15)22-12-16(2)4-10-24(22)27(23)25-13-17(28)5-7-19(25)20-8-6-18(29)14-26(20)27/h3-14H,28-29H2,1-2H3. The van der Waals surface area contributed by atoms with E-state index in [0.717, 1.165) is 11.4 Å². The number of nitrogen functional groups attached to an aromatic ring is 2. The quantitative estimate of drug-likeness (QED) is 0.330. The normalized spacial score (nSPS) is 14.4. The average Bonchev–Trinajstić information content (AvgIpc) is 3.13. The molecule has 6 rings (SSSR count). The van der Waals surface area contributed by atoms with E-state index in [2.05, 4.69) is 74.5 Å². The van der Waals surface area contributed by atoms with Gasteiger partial charge in [-0.15, -0.1) is 0 Å².